The maximum Gasteiger partial charge on any atom is 0.511 e. The summed E-state index contributed by atoms with van der Waals surface area (Å²) in [5.41, 5.74) is 0. The average molecular weight is 304 g/mol. The van der Waals surface area contributed by atoms with Crippen molar-refractivity contribution >= 4 is 18.1 Å². The molecule has 21 heavy (non-hydrogen) atoms. The topological polar surface area (TPSA) is 99.1 Å². The van der Waals surface area contributed by atoms with Crippen LogP contribution >= 0.6 is 0 Å². The Morgan fingerprint density at radius 1 is 0.952 bits per heavy atom. The summed E-state index contributed by atoms with van der Waals surface area (Å²) >= 11 is 0. The van der Waals surface area contributed by atoms with Gasteiger partial charge in [0.15, 0.2) is 0 Å². The van der Waals surface area contributed by atoms with Gasteiger partial charge in [0.05, 0.1) is 6.61 Å². The van der Waals surface area contributed by atoms with E-state index in [4.69, 9.17) is 9.84 Å². The third-order valence-electron chi connectivity index (χ3n) is 2.59. The molecule has 0 fully saturated rings. The van der Waals surface area contributed by atoms with Crippen molar-refractivity contribution in [2.75, 3.05) is 6.61 Å². The summed E-state index contributed by atoms with van der Waals surface area (Å²) in [6.45, 7) is 3.29. The zero-order valence-electron chi connectivity index (χ0n) is 12.6. The number of hydrogen-bond donors (Lipinski definition) is 1. The number of hydrogen-bond acceptors (Lipinski definition) is 6. The van der Waals surface area contributed by atoms with Gasteiger partial charge in [-0.05, 0) is 19.8 Å². The number of carbonyl (C=O) groups excluding carboxylic acids is 2. The van der Waals surface area contributed by atoms with Crippen LogP contribution in [0.25, 0.3) is 0 Å². The van der Waals surface area contributed by atoms with E-state index >= 15 is 0 Å². The molecule has 0 spiro atoms. The number of esters is 1. The highest BCUT2D eigenvalue weighted by Gasteiger charge is 2.14. The molecular formula is C14H24O7. The lowest BCUT2D eigenvalue weighted by Gasteiger charge is -2.13. The van der Waals surface area contributed by atoms with E-state index in [-0.39, 0.29) is 19.4 Å². The summed E-state index contributed by atoms with van der Waals surface area (Å²) in [6, 6.07) is 0. The molecule has 0 aromatic heterocycles. The number of ether oxygens (including phenoxy) is 3. The Morgan fingerprint density at radius 2 is 1.52 bits per heavy atom. The Bertz CT molecular complexity index is 327. The quantitative estimate of drug-likeness (QED) is 0.356. The SMILES string of the molecule is CCOC(=O)OC(C)OC(=O)CCCCCCCC(=O)O. The van der Waals surface area contributed by atoms with Crippen LogP contribution < -0.4 is 0 Å². The van der Waals surface area contributed by atoms with Crippen molar-refractivity contribution in [3.63, 3.8) is 0 Å². The van der Waals surface area contributed by atoms with Crippen molar-refractivity contribution < 1.29 is 33.7 Å². The van der Waals surface area contributed by atoms with Gasteiger partial charge in [0, 0.05) is 19.8 Å². The van der Waals surface area contributed by atoms with Crippen molar-refractivity contribution in [1.29, 1.82) is 0 Å². The van der Waals surface area contributed by atoms with Gasteiger partial charge in [-0.3, -0.25) is 9.59 Å². The van der Waals surface area contributed by atoms with E-state index in [9.17, 15) is 14.4 Å². The molecule has 0 aliphatic heterocycles. The first-order chi connectivity index (χ1) is 9.95. The van der Waals surface area contributed by atoms with E-state index in [1.165, 1.54) is 6.92 Å². The first-order valence-electron chi connectivity index (χ1n) is 7.20. The van der Waals surface area contributed by atoms with Crippen LogP contribution in [0.4, 0.5) is 4.79 Å². The summed E-state index contributed by atoms with van der Waals surface area (Å²) in [5.74, 6) is -1.22. The maximum atomic E-state index is 11.4. The zero-order chi connectivity index (χ0) is 16.1. The molecule has 7 heteroatoms. The summed E-state index contributed by atoms with van der Waals surface area (Å²) in [6.07, 6.45) is 2.48. The van der Waals surface area contributed by atoms with Gasteiger partial charge >= 0.3 is 18.1 Å². The molecule has 0 radical (unpaired) electrons. The van der Waals surface area contributed by atoms with E-state index in [0.29, 0.717) is 12.8 Å². The molecule has 0 aromatic rings. The van der Waals surface area contributed by atoms with Crippen LogP contribution in [0.2, 0.25) is 0 Å². The molecule has 0 aliphatic rings. The highest BCUT2D eigenvalue weighted by molar-refractivity contribution is 5.69. The van der Waals surface area contributed by atoms with Crippen LogP contribution in [0.3, 0.4) is 0 Å². The molecule has 0 bridgehead atoms. The standard InChI is InChI=1S/C14H24O7/c1-3-19-14(18)21-11(2)20-13(17)10-8-6-4-5-7-9-12(15)16/h11H,3-10H2,1-2H3,(H,15,16). The van der Waals surface area contributed by atoms with E-state index in [1.54, 1.807) is 6.92 Å². The lowest BCUT2D eigenvalue weighted by atomic mass is 10.1. The highest BCUT2D eigenvalue weighted by Crippen LogP contribution is 2.09. The second kappa shape index (κ2) is 12.0. The van der Waals surface area contributed by atoms with Crippen molar-refractivity contribution in [2.24, 2.45) is 0 Å². The fraction of sp³-hybridized carbons (Fsp3) is 0.786. The molecule has 7 nitrogen and oxygen atoms in total. The van der Waals surface area contributed by atoms with E-state index in [0.717, 1.165) is 19.3 Å². The van der Waals surface area contributed by atoms with Gasteiger partial charge in [0.2, 0.25) is 6.29 Å². The predicted octanol–water partition coefficient (Wildman–Crippen LogP) is 2.86. The van der Waals surface area contributed by atoms with E-state index in [2.05, 4.69) is 9.47 Å². The van der Waals surface area contributed by atoms with Crippen molar-refractivity contribution in [1.82, 2.24) is 0 Å². The first-order valence-corrected chi connectivity index (χ1v) is 7.20. The minimum Gasteiger partial charge on any atom is -0.481 e. The highest BCUT2D eigenvalue weighted by atomic mass is 16.8. The summed E-state index contributed by atoms with van der Waals surface area (Å²) in [7, 11) is 0. The molecule has 0 saturated carbocycles. The Balaban J connectivity index is 3.53. The normalized spacial score (nSPS) is 11.5. The fourth-order valence-electron chi connectivity index (χ4n) is 1.63. The monoisotopic (exact) mass is 304 g/mol. The Labute approximate surface area is 124 Å². The second-order valence-electron chi connectivity index (χ2n) is 4.52. The molecule has 0 aliphatic carbocycles. The van der Waals surface area contributed by atoms with Gasteiger partial charge in [-0.25, -0.2) is 4.79 Å². The molecule has 1 N–H and O–H groups in total. The number of rotatable bonds is 11. The molecule has 0 amide bonds. The molecule has 0 rings (SSSR count). The van der Waals surface area contributed by atoms with Gasteiger partial charge in [-0.15, -0.1) is 0 Å². The summed E-state index contributed by atoms with van der Waals surface area (Å²) in [4.78, 5) is 32.7. The Hall–Kier alpha value is -1.79. The molecule has 1 atom stereocenters. The molecule has 122 valence electrons. The lowest BCUT2D eigenvalue weighted by molar-refractivity contribution is -0.168. The first kappa shape index (κ1) is 19.2. The average Bonchev–Trinajstić information content (AvgIpc) is 2.37. The van der Waals surface area contributed by atoms with Crippen molar-refractivity contribution in [3.05, 3.63) is 0 Å². The fourth-order valence-corrected chi connectivity index (χ4v) is 1.63. The number of carbonyl (C=O) groups is 3. The number of carboxylic acid groups (broad SMARTS) is 1. The minimum absolute atomic E-state index is 0.185. The van der Waals surface area contributed by atoms with Crippen LogP contribution in [0, 0.1) is 0 Å². The Kier molecular flexibility index (Phi) is 11.0. The van der Waals surface area contributed by atoms with Gasteiger partial charge in [0.1, 0.15) is 0 Å². The summed E-state index contributed by atoms with van der Waals surface area (Å²) in [5, 5.41) is 8.46. The smallest absolute Gasteiger partial charge is 0.481 e. The van der Waals surface area contributed by atoms with Crippen LogP contribution in [0.15, 0.2) is 0 Å². The summed E-state index contributed by atoms with van der Waals surface area (Å²) < 4.78 is 14.1. The minimum atomic E-state index is -0.966. The maximum absolute atomic E-state index is 11.4. The second-order valence-corrected chi connectivity index (χ2v) is 4.52. The van der Waals surface area contributed by atoms with Gasteiger partial charge in [-0.1, -0.05) is 19.3 Å². The van der Waals surface area contributed by atoms with Crippen LogP contribution in [0.1, 0.15) is 58.8 Å². The van der Waals surface area contributed by atoms with Gasteiger partial charge in [0.25, 0.3) is 0 Å². The van der Waals surface area contributed by atoms with Crippen molar-refractivity contribution in [3.8, 4) is 0 Å². The zero-order valence-corrected chi connectivity index (χ0v) is 12.6. The van der Waals surface area contributed by atoms with E-state index < -0.39 is 24.4 Å². The third kappa shape index (κ3) is 13.0. The van der Waals surface area contributed by atoms with Crippen LogP contribution in [-0.2, 0) is 23.8 Å². The van der Waals surface area contributed by atoms with E-state index in [1.807, 2.05) is 0 Å². The number of aliphatic carboxylic acids is 1. The molecule has 0 heterocycles. The molecule has 0 aromatic carbocycles. The molecular weight excluding hydrogens is 280 g/mol. The number of unbranched alkanes of at least 4 members (excludes halogenated alkanes) is 4. The van der Waals surface area contributed by atoms with Gasteiger partial charge < -0.3 is 19.3 Å². The third-order valence-corrected chi connectivity index (χ3v) is 2.59. The number of carboxylic acids is 1. The molecule has 0 saturated heterocycles. The van der Waals surface area contributed by atoms with Gasteiger partial charge in [-0.2, -0.15) is 0 Å². The largest absolute Gasteiger partial charge is 0.511 e. The molecule has 1 unspecified atom stereocenters. The van der Waals surface area contributed by atoms with Crippen LogP contribution in [-0.4, -0.2) is 36.1 Å². The van der Waals surface area contributed by atoms with Crippen molar-refractivity contribution in [2.45, 2.75) is 65.1 Å². The Morgan fingerprint density at radius 3 is 2.10 bits per heavy atom. The predicted molar refractivity (Wildman–Crippen MR) is 73.6 cm³/mol. The van der Waals surface area contributed by atoms with Crippen LogP contribution in [0.5, 0.6) is 0 Å². The lowest BCUT2D eigenvalue weighted by Crippen LogP contribution is -2.22.